The molecule has 0 spiro atoms. The van der Waals surface area contributed by atoms with E-state index in [4.69, 9.17) is 63.1 Å². The van der Waals surface area contributed by atoms with Gasteiger partial charge in [-0.3, -0.25) is 53.3 Å². The molecule has 1 aromatic heterocycles. The molecule has 2 amide bonds. The zero-order valence-electron chi connectivity index (χ0n) is 64.6. The van der Waals surface area contributed by atoms with Gasteiger partial charge in [0.15, 0.2) is 0 Å². The summed E-state index contributed by atoms with van der Waals surface area (Å²) < 4.78 is 44.3. The number of hydrogen-bond donors (Lipinski definition) is 13. The summed E-state index contributed by atoms with van der Waals surface area (Å²) in [7, 11) is 0. The molecule has 4 rings (SSSR count). The van der Waals surface area contributed by atoms with E-state index in [-0.39, 0.29) is 153 Å². The van der Waals surface area contributed by atoms with Crippen LogP contribution in [-0.4, -0.2) is 375 Å². The van der Waals surface area contributed by atoms with Crippen molar-refractivity contribution >= 4 is 77.3 Å². The van der Waals surface area contributed by atoms with Gasteiger partial charge in [-0.1, -0.05) is 70.4 Å². The molecule has 0 saturated carbocycles. The van der Waals surface area contributed by atoms with Gasteiger partial charge >= 0.3 is 90.7 Å². The number of anilines is 4. The van der Waals surface area contributed by atoms with Crippen LogP contribution < -0.4 is 31.5 Å². The number of unbranched alkanes of at least 4 members (excludes halogenated alkanes) is 8. The van der Waals surface area contributed by atoms with E-state index in [2.05, 4.69) is 43.3 Å². The molecule has 40 heteroatoms. The molecule has 3 heterocycles. The molecule has 2 aromatic rings. The van der Waals surface area contributed by atoms with Crippen molar-refractivity contribution in [2.75, 3.05) is 233 Å². The Hall–Kier alpha value is -6.67. The van der Waals surface area contributed by atoms with E-state index in [9.17, 15) is 73.8 Å². The number of urea groups is 1. The third-order valence-corrected chi connectivity index (χ3v) is 18.0. The van der Waals surface area contributed by atoms with Crippen molar-refractivity contribution in [3.63, 3.8) is 0 Å². The first-order chi connectivity index (χ1) is 53.6. The van der Waals surface area contributed by atoms with Gasteiger partial charge in [0.1, 0.15) is 12.1 Å². The number of ether oxygens (including phenoxy) is 8. The topological polar surface area (TPSA) is 508 Å². The fourth-order valence-corrected chi connectivity index (χ4v) is 12.2. The van der Waals surface area contributed by atoms with Gasteiger partial charge in [-0.05, 0) is 62.8 Å². The number of aliphatic carboxylic acids is 8. The monoisotopic (exact) mass is 1760 g/mol. The number of rotatable bonds is 64. The van der Waals surface area contributed by atoms with Crippen molar-refractivity contribution in [1.82, 2.24) is 55.4 Å². The molecular weight excluding hydrogens is 1640 g/mol. The number of carbonyl (C=O) groups is 9. The van der Waals surface area contributed by atoms with Crippen LogP contribution in [0, 0.1) is 36.9 Å². The Morgan fingerprint density at radius 2 is 0.875 bits per heavy atom. The van der Waals surface area contributed by atoms with Crippen molar-refractivity contribution in [2.45, 2.75) is 134 Å². The Kier molecular flexibility index (Phi) is 54.9. The molecule has 13 N–H and O–H groups in total. The van der Waals surface area contributed by atoms with Gasteiger partial charge in [-0.25, -0.2) is 14.4 Å². The summed E-state index contributed by atoms with van der Waals surface area (Å²) in [6, 6.07) is 2.88. The number of carbonyl (C=O) groups excluding carboxylic acids is 1. The number of hydrogen-bond acceptors (Lipinski definition) is 29. The third kappa shape index (κ3) is 48.5. The van der Waals surface area contributed by atoms with Crippen molar-refractivity contribution in [1.29, 1.82) is 0 Å². The maximum absolute atomic E-state index is 12.7. The molecule has 0 bridgehead atoms. The molecule has 2 aliphatic heterocycles. The van der Waals surface area contributed by atoms with Gasteiger partial charge in [0, 0.05) is 96.7 Å². The number of nitrogens with one attached hydrogen (secondary N) is 5. The van der Waals surface area contributed by atoms with E-state index in [1.54, 1.807) is 19.6 Å². The van der Waals surface area contributed by atoms with Crippen LogP contribution in [0.15, 0.2) is 24.3 Å². The first-order valence-electron chi connectivity index (χ1n) is 38.5. The second kappa shape index (κ2) is 61.7. The Labute approximate surface area is 683 Å². The van der Waals surface area contributed by atoms with Gasteiger partial charge in [0.2, 0.25) is 17.8 Å². The first kappa shape index (κ1) is 99.5. The standard InChI is InChI=1S/C72H122N14O25.Lu/c1-2-3-4-5-6-7-8-9-13-60(73-21-11-10-12-58(67(99)100)76-72(103)77-59(68(101)102)18-19-61(87)88)84-29-31-85(32-30-84)71-79-69(74-22-34-105-36-38-107-40-42-109-44-46-111-48-47-110-45-43-108-41-39-106-37-35-104-33-20-62(89)90)78-70(80-71)75-56-16-14-55(15-17-56)49-57-50-83(53-65(95)96)26-25-81(51-63(91)92)23-24-82(52-64(93)94)27-28-86(57)54-66(97)98;/h14-17,57-60,73H,2-13,18-54H2,1H3,(H,87,88)(H,89,90)(H,91,92)(H,93,94)(H,95,96)(H,97,98)(H,99,100)(H,101,102)(H2,76,77,103)(H2,74,75,78,79,80);/q;+3/t57?,58-,59-,60?;/m0./s1. The summed E-state index contributed by atoms with van der Waals surface area (Å²) in [5, 5.41) is 91.5. The molecule has 4 atom stereocenters. The molecule has 642 valence electrons. The van der Waals surface area contributed by atoms with Crippen molar-refractivity contribution in [2.24, 2.45) is 0 Å². The minimum Gasteiger partial charge on any atom is -0.481 e. The quantitative estimate of drug-likeness (QED) is 0.0421. The van der Waals surface area contributed by atoms with Gasteiger partial charge < -0.3 is 110 Å². The number of piperazine rings is 1. The Balaban J connectivity index is 0.0000325. The maximum Gasteiger partial charge on any atom is 3.00 e. The summed E-state index contributed by atoms with van der Waals surface area (Å²) in [4.78, 5) is 132. The fraction of sp³-hybridized carbons (Fsp3) is 0.750. The second-order valence-electron chi connectivity index (χ2n) is 26.8. The number of nitrogens with zero attached hydrogens (tertiary/aromatic N) is 9. The van der Waals surface area contributed by atoms with E-state index < -0.39 is 91.4 Å². The first-order valence-corrected chi connectivity index (χ1v) is 38.5. The molecule has 2 saturated heterocycles. The minimum absolute atomic E-state index is 0. The van der Waals surface area contributed by atoms with Crippen LogP contribution in [0.25, 0.3) is 0 Å². The summed E-state index contributed by atoms with van der Waals surface area (Å²) in [6.45, 7) is 10.5. The van der Waals surface area contributed by atoms with Crippen molar-refractivity contribution in [3.8, 4) is 0 Å². The smallest absolute Gasteiger partial charge is 0.481 e. The molecular formula is C72H122LuN14O25+3. The van der Waals surface area contributed by atoms with Gasteiger partial charge in [0.25, 0.3) is 0 Å². The van der Waals surface area contributed by atoms with E-state index in [1.807, 2.05) is 24.3 Å². The molecule has 2 fully saturated rings. The van der Waals surface area contributed by atoms with Gasteiger partial charge in [-0.15, -0.1) is 0 Å². The predicted molar refractivity (Wildman–Crippen MR) is 404 cm³/mol. The van der Waals surface area contributed by atoms with Crippen LogP contribution in [0.2, 0.25) is 0 Å². The van der Waals surface area contributed by atoms with Crippen molar-refractivity contribution < 1.29 is 159 Å². The molecule has 39 nitrogen and oxygen atoms in total. The fourth-order valence-electron chi connectivity index (χ4n) is 12.2. The van der Waals surface area contributed by atoms with Crippen LogP contribution >= 0.6 is 0 Å². The average Bonchev–Trinajstić information content (AvgIpc) is 0.827. The summed E-state index contributed by atoms with van der Waals surface area (Å²) in [5.41, 5.74) is 1.37. The maximum atomic E-state index is 12.7. The summed E-state index contributed by atoms with van der Waals surface area (Å²) in [5.74, 6) is -8.45. The molecule has 2 aliphatic rings. The third-order valence-electron chi connectivity index (χ3n) is 18.0. The van der Waals surface area contributed by atoms with Crippen LogP contribution in [0.5, 0.6) is 0 Å². The Bertz CT molecular complexity index is 2980. The predicted octanol–water partition coefficient (Wildman–Crippen LogP) is 1.91. The summed E-state index contributed by atoms with van der Waals surface area (Å²) >= 11 is 0. The molecule has 0 aliphatic carbocycles. The molecule has 2 unspecified atom stereocenters. The zero-order chi connectivity index (χ0) is 80.6. The number of amides is 2. The Morgan fingerprint density at radius 3 is 1.37 bits per heavy atom. The molecule has 0 radical (unpaired) electrons. The SMILES string of the molecule is CCCCCCCCCCC(NCCCC[C@H](NC(=O)N[C@@H](CCC(=O)O)C(=O)O)C(=O)O)N1CCN(c2nc(NCCOCCOCCOCCOCCOCCOCCOCCOCCC(=O)O)nc(Nc3ccc(CC4CN(CC(=O)O)CCN(CC(=O)O)CCN(CC(=O)O)CCN4CC(=O)O)cc3)n2)CC1.[Lu+3]. The van der Waals surface area contributed by atoms with Gasteiger partial charge in [0.05, 0.1) is 144 Å². The Morgan fingerprint density at radius 1 is 0.438 bits per heavy atom. The minimum atomic E-state index is -1.52. The summed E-state index contributed by atoms with van der Waals surface area (Å²) in [6.07, 6.45) is 10.3. The number of carboxylic acids is 8. The largest absolute Gasteiger partial charge is 3.00 e. The van der Waals surface area contributed by atoms with E-state index >= 15 is 0 Å². The number of benzene rings is 1. The second-order valence-corrected chi connectivity index (χ2v) is 26.8. The number of carboxylic acid groups (broad SMARTS) is 8. The molecule has 112 heavy (non-hydrogen) atoms. The van der Waals surface area contributed by atoms with E-state index in [0.29, 0.717) is 156 Å². The van der Waals surface area contributed by atoms with Crippen LogP contribution in [0.3, 0.4) is 0 Å². The van der Waals surface area contributed by atoms with Gasteiger partial charge in [-0.2, -0.15) is 15.0 Å². The normalized spacial score (nSPS) is 15.9. The zero-order valence-corrected chi connectivity index (χ0v) is 66.2. The van der Waals surface area contributed by atoms with Crippen LogP contribution in [0.1, 0.15) is 109 Å². The number of aromatic nitrogens is 3. The van der Waals surface area contributed by atoms with Crippen molar-refractivity contribution in [3.05, 3.63) is 29.8 Å². The molecule has 1 aromatic carbocycles. The van der Waals surface area contributed by atoms with E-state index in [1.165, 1.54) is 32.1 Å². The average molecular weight is 1760 g/mol. The van der Waals surface area contributed by atoms with E-state index in [0.717, 1.165) is 31.2 Å². The van der Waals surface area contributed by atoms with Crippen LogP contribution in [-0.2, 0) is 82.7 Å². The van der Waals surface area contributed by atoms with Crippen LogP contribution in [0.4, 0.5) is 28.3 Å².